The third-order valence-electron chi connectivity index (χ3n) is 3.78. The fraction of sp³-hybridized carbons (Fsp3) is 0.353. The lowest BCUT2D eigenvalue weighted by Crippen LogP contribution is -2.27. The van der Waals surface area contributed by atoms with Gasteiger partial charge in [-0.3, -0.25) is 9.48 Å². The molecule has 2 heterocycles. The molecule has 0 fully saturated rings. The number of aryl methyl sites for hydroxylation is 2. The number of amides is 1. The Morgan fingerprint density at radius 3 is 3.00 bits per heavy atom. The minimum absolute atomic E-state index is 0.00115. The van der Waals surface area contributed by atoms with Crippen LogP contribution in [0.3, 0.4) is 0 Å². The van der Waals surface area contributed by atoms with E-state index in [1.165, 1.54) is 0 Å². The van der Waals surface area contributed by atoms with Crippen molar-refractivity contribution in [3.8, 4) is 11.4 Å². The molecule has 0 radical (unpaired) electrons. The van der Waals surface area contributed by atoms with Crippen molar-refractivity contribution in [3.05, 3.63) is 48.1 Å². The Hall–Kier alpha value is -3.03. The molecule has 0 atom stereocenters. The maximum atomic E-state index is 11.8. The summed E-state index contributed by atoms with van der Waals surface area (Å²) < 4.78 is 6.95. The molecular formula is C17H20N6O2. The standard InChI is InChI=1S/C17H20N6O2/c1-13-5-2-3-6-14(13)17-20-16(25-21-17)8-4-7-15(24)18-9-11-23-12-10-19-22-23/h2-3,5-6,10,12H,4,7-9,11H2,1H3,(H,18,24). The first-order valence-electron chi connectivity index (χ1n) is 8.22. The monoisotopic (exact) mass is 340 g/mol. The van der Waals surface area contributed by atoms with Gasteiger partial charge in [0.1, 0.15) is 0 Å². The van der Waals surface area contributed by atoms with Gasteiger partial charge in [0.05, 0.1) is 12.7 Å². The molecule has 0 bridgehead atoms. The minimum atomic E-state index is -0.00115. The third kappa shape index (κ3) is 4.72. The van der Waals surface area contributed by atoms with Crippen molar-refractivity contribution in [2.24, 2.45) is 0 Å². The number of aromatic nitrogens is 5. The van der Waals surface area contributed by atoms with Crippen molar-refractivity contribution < 1.29 is 9.32 Å². The fourth-order valence-corrected chi connectivity index (χ4v) is 2.44. The van der Waals surface area contributed by atoms with Crippen molar-refractivity contribution in [2.45, 2.75) is 32.7 Å². The van der Waals surface area contributed by atoms with Crippen molar-refractivity contribution in [3.63, 3.8) is 0 Å². The number of carbonyl (C=O) groups excluding carboxylic acids is 1. The van der Waals surface area contributed by atoms with Crippen LogP contribution in [0, 0.1) is 6.92 Å². The fourth-order valence-electron chi connectivity index (χ4n) is 2.44. The molecule has 0 aliphatic heterocycles. The molecule has 0 unspecified atom stereocenters. The molecule has 1 amide bonds. The predicted octanol–water partition coefficient (Wildman–Crippen LogP) is 1.78. The molecule has 25 heavy (non-hydrogen) atoms. The van der Waals surface area contributed by atoms with Gasteiger partial charge >= 0.3 is 0 Å². The molecule has 2 aromatic heterocycles. The van der Waals surface area contributed by atoms with E-state index in [4.69, 9.17) is 4.52 Å². The minimum Gasteiger partial charge on any atom is -0.354 e. The number of nitrogens with one attached hydrogen (secondary N) is 1. The number of carbonyl (C=O) groups is 1. The van der Waals surface area contributed by atoms with Crippen LogP contribution in [-0.4, -0.2) is 37.6 Å². The van der Waals surface area contributed by atoms with E-state index in [1.54, 1.807) is 17.1 Å². The van der Waals surface area contributed by atoms with Crippen LogP contribution in [0.15, 0.2) is 41.2 Å². The molecule has 8 nitrogen and oxygen atoms in total. The van der Waals surface area contributed by atoms with Gasteiger partial charge in [0.2, 0.25) is 17.6 Å². The van der Waals surface area contributed by atoms with E-state index in [0.29, 0.717) is 44.1 Å². The van der Waals surface area contributed by atoms with Crippen molar-refractivity contribution in [1.29, 1.82) is 0 Å². The Morgan fingerprint density at radius 2 is 2.20 bits per heavy atom. The number of nitrogens with zero attached hydrogens (tertiary/aromatic N) is 5. The zero-order valence-corrected chi connectivity index (χ0v) is 14.1. The second-order valence-corrected chi connectivity index (χ2v) is 5.70. The first-order chi connectivity index (χ1) is 12.2. The molecule has 0 saturated carbocycles. The van der Waals surface area contributed by atoms with E-state index in [9.17, 15) is 4.79 Å². The highest BCUT2D eigenvalue weighted by Crippen LogP contribution is 2.20. The van der Waals surface area contributed by atoms with Crippen LogP contribution in [0.5, 0.6) is 0 Å². The van der Waals surface area contributed by atoms with Gasteiger partial charge in [0, 0.05) is 31.1 Å². The number of benzene rings is 1. The number of rotatable bonds is 8. The van der Waals surface area contributed by atoms with Gasteiger partial charge in [-0.2, -0.15) is 4.98 Å². The first-order valence-corrected chi connectivity index (χ1v) is 8.22. The molecule has 1 N–H and O–H groups in total. The Bertz CT molecular complexity index is 812. The second kappa shape index (κ2) is 8.18. The van der Waals surface area contributed by atoms with Crippen LogP contribution in [0.2, 0.25) is 0 Å². The van der Waals surface area contributed by atoms with Crippen molar-refractivity contribution in [2.75, 3.05) is 6.54 Å². The molecule has 8 heteroatoms. The van der Waals surface area contributed by atoms with Crippen LogP contribution in [0.1, 0.15) is 24.3 Å². The first kappa shape index (κ1) is 16.8. The van der Waals surface area contributed by atoms with Gasteiger partial charge in [-0.25, -0.2) is 0 Å². The van der Waals surface area contributed by atoms with Crippen LogP contribution < -0.4 is 5.32 Å². The molecule has 130 valence electrons. The van der Waals surface area contributed by atoms with E-state index in [1.807, 2.05) is 31.2 Å². The van der Waals surface area contributed by atoms with Crippen LogP contribution >= 0.6 is 0 Å². The van der Waals surface area contributed by atoms with Crippen molar-refractivity contribution >= 4 is 5.91 Å². The molecule has 0 spiro atoms. The average Bonchev–Trinajstić information content (AvgIpc) is 3.27. The topological polar surface area (TPSA) is 98.7 Å². The van der Waals surface area contributed by atoms with Crippen LogP contribution in [0.25, 0.3) is 11.4 Å². The molecule has 3 aromatic rings. The molecule has 0 aliphatic carbocycles. The predicted molar refractivity (Wildman–Crippen MR) is 90.4 cm³/mol. The summed E-state index contributed by atoms with van der Waals surface area (Å²) in [5, 5.41) is 14.4. The average molecular weight is 340 g/mol. The molecule has 1 aromatic carbocycles. The molecule has 3 rings (SSSR count). The van der Waals surface area contributed by atoms with Crippen molar-refractivity contribution in [1.82, 2.24) is 30.5 Å². The lowest BCUT2D eigenvalue weighted by Gasteiger charge is -2.04. The molecular weight excluding hydrogens is 320 g/mol. The second-order valence-electron chi connectivity index (χ2n) is 5.70. The molecule has 0 aliphatic rings. The third-order valence-corrected chi connectivity index (χ3v) is 3.78. The summed E-state index contributed by atoms with van der Waals surface area (Å²) in [6.45, 7) is 3.14. The maximum absolute atomic E-state index is 11.8. The summed E-state index contributed by atoms with van der Waals surface area (Å²) >= 11 is 0. The quantitative estimate of drug-likeness (QED) is 0.671. The van der Waals surface area contributed by atoms with E-state index in [2.05, 4.69) is 25.8 Å². The zero-order chi connectivity index (χ0) is 17.5. The van der Waals surface area contributed by atoms with E-state index in [0.717, 1.165) is 11.1 Å². The Balaban J connectivity index is 1.40. The summed E-state index contributed by atoms with van der Waals surface area (Å²) in [4.78, 5) is 16.2. The van der Waals surface area contributed by atoms with Gasteiger partial charge in [-0.05, 0) is 18.9 Å². The van der Waals surface area contributed by atoms with E-state index >= 15 is 0 Å². The highest BCUT2D eigenvalue weighted by atomic mass is 16.5. The van der Waals surface area contributed by atoms with Crippen LogP contribution in [0.4, 0.5) is 0 Å². The van der Waals surface area contributed by atoms with E-state index < -0.39 is 0 Å². The van der Waals surface area contributed by atoms with Gasteiger partial charge in [0.25, 0.3) is 0 Å². The highest BCUT2D eigenvalue weighted by molar-refractivity contribution is 5.75. The normalized spacial score (nSPS) is 10.8. The van der Waals surface area contributed by atoms with E-state index in [-0.39, 0.29) is 5.91 Å². The van der Waals surface area contributed by atoms with Gasteiger partial charge in [-0.1, -0.05) is 34.6 Å². The summed E-state index contributed by atoms with van der Waals surface area (Å²) in [7, 11) is 0. The Labute approximate surface area is 145 Å². The Morgan fingerprint density at radius 1 is 1.32 bits per heavy atom. The summed E-state index contributed by atoms with van der Waals surface area (Å²) in [6, 6.07) is 7.89. The lowest BCUT2D eigenvalue weighted by atomic mass is 10.1. The number of hydrogen-bond acceptors (Lipinski definition) is 6. The van der Waals surface area contributed by atoms with Crippen LogP contribution in [-0.2, 0) is 17.8 Å². The summed E-state index contributed by atoms with van der Waals surface area (Å²) in [5.74, 6) is 1.14. The maximum Gasteiger partial charge on any atom is 0.226 e. The number of hydrogen-bond donors (Lipinski definition) is 1. The SMILES string of the molecule is Cc1ccccc1-c1noc(CCCC(=O)NCCn2ccnn2)n1. The van der Waals surface area contributed by atoms with Gasteiger partial charge < -0.3 is 9.84 Å². The highest BCUT2D eigenvalue weighted by Gasteiger charge is 2.11. The Kier molecular flexibility index (Phi) is 5.50. The smallest absolute Gasteiger partial charge is 0.226 e. The largest absolute Gasteiger partial charge is 0.354 e. The lowest BCUT2D eigenvalue weighted by molar-refractivity contribution is -0.121. The van der Waals surface area contributed by atoms with Gasteiger partial charge in [0.15, 0.2) is 0 Å². The zero-order valence-electron chi connectivity index (χ0n) is 14.1. The summed E-state index contributed by atoms with van der Waals surface area (Å²) in [6.07, 6.45) is 5.02. The van der Waals surface area contributed by atoms with Gasteiger partial charge in [-0.15, -0.1) is 5.10 Å². The summed E-state index contributed by atoms with van der Waals surface area (Å²) in [5.41, 5.74) is 2.06. The molecule has 0 saturated heterocycles.